The number of nitrogens with one attached hydrogen (secondary N) is 1. The van der Waals surface area contributed by atoms with Gasteiger partial charge in [-0.3, -0.25) is 14.9 Å². The van der Waals surface area contributed by atoms with Gasteiger partial charge in [0.1, 0.15) is 5.69 Å². The van der Waals surface area contributed by atoms with Crippen LogP contribution >= 0.6 is 0 Å². The lowest BCUT2D eigenvalue weighted by atomic mass is 10.0. The average molecular weight is 444 g/mol. The molecule has 2 aromatic rings. The van der Waals surface area contributed by atoms with Gasteiger partial charge >= 0.3 is 0 Å². The third kappa shape index (κ3) is 5.18. The quantitative estimate of drug-likeness (QED) is 0.300. The van der Waals surface area contributed by atoms with Crippen molar-refractivity contribution in [3.63, 3.8) is 0 Å². The summed E-state index contributed by atoms with van der Waals surface area (Å²) in [4.78, 5) is 23.3. The maximum absolute atomic E-state index is 12.8. The van der Waals surface area contributed by atoms with E-state index in [1.54, 1.807) is 19.2 Å². The summed E-state index contributed by atoms with van der Waals surface area (Å²) in [5, 5.41) is 13.9. The van der Waals surface area contributed by atoms with Crippen molar-refractivity contribution in [2.24, 2.45) is 5.92 Å². The minimum Gasteiger partial charge on any atom is -0.383 e. The first-order chi connectivity index (χ1) is 14.7. The summed E-state index contributed by atoms with van der Waals surface area (Å²) in [5.74, 6) is 0.199. The van der Waals surface area contributed by atoms with Gasteiger partial charge in [-0.2, -0.15) is 4.31 Å². The number of allylic oxidation sites excluding steroid dienone is 1. The Kier molecular flexibility index (Phi) is 6.87. The summed E-state index contributed by atoms with van der Waals surface area (Å²) in [7, 11) is -1.97. The van der Waals surface area contributed by atoms with Crippen molar-refractivity contribution in [2.45, 2.75) is 24.7 Å². The number of nitro groups is 1. The van der Waals surface area contributed by atoms with Gasteiger partial charge in [-0.1, -0.05) is 19.1 Å². The van der Waals surface area contributed by atoms with E-state index in [1.165, 1.54) is 46.8 Å². The van der Waals surface area contributed by atoms with E-state index < -0.39 is 14.9 Å². The zero-order valence-electron chi connectivity index (χ0n) is 17.4. The molecule has 1 fully saturated rings. The highest BCUT2D eigenvalue weighted by molar-refractivity contribution is 7.89. The molecule has 0 bridgehead atoms. The molecule has 0 aromatic heterocycles. The minimum atomic E-state index is -3.57. The van der Waals surface area contributed by atoms with Crippen molar-refractivity contribution in [2.75, 3.05) is 25.5 Å². The number of sulfonamides is 1. The van der Waals surface area contributed by atoms with E-state index in [0.29, 0.717) is 35.8 Å². The Balaban J connectivity index is 1.73. The highest BCUT2D eigenvalue weighted by Crippen LogP contribution is 2.26. The predicted molar refractivity (Wildman–Crippen MR) is 120 cm³/mol. The molecule has 1 saturated heterocycles. The molecule has 1 aliphatic rings. The standard InChI is InChI=1S/C22H25N3O5S/c1-16-11-13-24(14-12-16)31(29,30)19-7-5-18(6-8-19)22(26)10-4-17-3-9-20(23-2)21(15-17)25(27)28/h3-10,15-16,23H,11-14H2,1-2H3. The average Bonchev–Trinajstić information content (AvgIpc) is 2.77. The number of carbonyl (C=O) groups is 1. The third-order valence-corrected chi connectivity index (χ3v) is 7.35. The second kappa shape index (κ2) is 9.40. The molecule has 9 heteroatoms. The molecule has 0 aliphatic carbocycles. The molecule has 8 nitrogen and oxygen atoms in total. The van der Waals surface area contributed by atoms with Crippen LogP contribution in [0.15, 0.2) is 53.4 Å². The van der Waals surface area contributed by atoms with Crippen LogP contribution in [0.3, 0.4) is 0 Å². The van der Waals surface area contributed by atoms with E-state index in [0.717, 1.165) is 12.8 Å². The summed E-state index contributed by atoms with van der Waals surface area (Å²) < 4.78 is 27.1. The summed E-state index contributed by atoms with van der Waals surface area (Å²) in [6.07, 6.45) is 4.49. The number of ketones is 1. The first-order valence-corrected chi connectivity index (χ1v) is 11.4. The van der Waals surface area contributed by atoms with Crippen LogP contribution in [0.1, 0.15) is 35.7 Å². The molecule has 0 unspecified atom stereocenters. The van der Waals surface area contributed by atoms with E-state index >= 15 is 0 Å². The molecule has 164 valence electrons. The SMILES string of the molecule is CNc1ccc(C=CC(=O)c2ccc(S(=O)(=O)N3CCC(C)CC3)cc2)cc1[N+](=O)[O-]. The van der Waals surface area contributed by atoms with E-state index in [4.69, 9.17) is 0 Å². The van der Waals surface area contributed by atoms with Gasteiger partial charge in [-0.05, 0) is 60.7 Å². The topological polar surface area (TPSA) is 110 Å². The molecular weight excluding hydrogens is 418 g/mol. The Morgan fingerprint density at radius 1 is 1.16 bits per heavy atom. The van der Waals surface area contributed by atoms with Crippen molar-refractivity contribution in [1.29, 1.82) is 0 Å². The van der Waals surface area contributed by atoms with Crippen LogP contribution < -0.4 is 5.32 Å². The number of nitro benzene ring substituents is 1. The number of carbonyl (C=O) groups excluding carboxylic acids is 1. The van der Waals surface area contributed by atoms with Gasteiger partial charge in [0.2, 0.25) is 10.0 Å². The maximum Gasteiger partial charge on any atom is 0.292 e. The van der Waals surface area contributed by atoms with Crippen LogP contribution in [0.25, 0.3) is 6.08 Å². The van der Waals surface area contributed by atoms with Gasteiger partial charge in [0.25, 0.3) is 5.69 Å². The van der Waals surface area contributed by atoms with Gasteiger partial charge in [-0.15, -0.1) is 0 Å². The smallest absolute Gasteiger partial charge is 0.292 e. The summed E-state index contributed by atoms with van der Waals surface area (Å²) in [6, 6.07) is 10.5. The number of rotatable bonds is 7. The Morgan fingerprint density at radius 3 is 2.39 bits per heavy atom. The number of benzene rings is 2. The van der Waals surface area contributed by atoms with Crippen molar-refractivity contribution in [1.82, 2.24) is 4.31 Å². The predicted octanol–water partition coefficient (Wildman–Crippen LogP) is 3.95. The highest BCUT2D eigenvalue weighted by atomic mass is 32.2. The second-order valence-electron chi connectivity index (χ2n) is 7.59. The Morgan fingerprint density at radius 2 is 1.81 bits per heavy atom. The summed E-state index contributed by atoms with van der Waals surface area (Å²) in [5.41, 5.74) is 1.15. The second-order valence-corrected chi connectivity index (χ2v) is 9.53. The summed E-state index contributed by atoms with van der Waals surface area (Å²) >= 11 is 0. The molecule has 0 amide bonds. The lowest BCUT2D eigenvalue weighted by Crippen LogP contribution is -2.37. The zero-order chi connectivity index (χ0) is 22.6. The number of piperidine rings is 1. The number of nitrogens with zero attached hydrogens (tertiary/aromatic N) is 2. The number of anilines is 1. The molecule has 0 spiro atoms. The first kappa shape index (κ1) is 22.6. The highest BCUT2D eigenvalue weighted by Gasteiger charge is 2.28. The molecule has 1 N–H and O–H groups in total. The molecule has 1 heterocycles. The van der Waals surface area contributed by atoms with Crippen molar-refractivity contribution < 1.29 is 18.1 Å². The van der Waals surface area contributed by atoms with E-state index in [1.807, 2.05) is 0 Å². The minimum absolute atomic E-state index is 0.0845. The van der Waals surface area contributed by atoms with Gasteiger partial charge < -0.3 is 5.32 Å². The van der Waals surface area contributed by atoms with Gasteiger partial charge in [0.05, 0.1) is 9.82 Å². The molecule has 0 radical (unpaired) electrons. The molecule has 2 aromatic carbocycles. The normalized spacial score (nSPS) is 15.8. The van der Waals surface area contributed by atoms with Crippen LogP contribution in [-0.4, -0.2) is 43.6 Å². The Bertz CT molecular complexity index is 1100. The molecular formula is C22H25N3O5S. The van der Waals surface area contributed by atoms with Crippen LogP contribution in [-0.2, 0) is 10.0 Å². The van der Waals surface area contributed by atoms with Crippen LogP contribution in [0, 0.1) is 16.0 Å². The van der Waals surface area contributed by atoms with Gasteiger partial charge in [0.15, 0.2) is 5.78 Å². The monoisotopic (exact) mass is 443 g/mol. The third-order valence-electron chi connectivity index (χ3n) is 5.43. The fourth-order valence-electron chi connectivity index (χ4n) is 3.45. The lowest BCUT2D eigenvalue weighted by molar-refractivity contribution is -0.384. The fraction of sp³-hybridized carbons (Fsp3) is 0.318. The molecule has 31 heavy (non-hydrogen) atoms. The maximum atomic E-state index is 12.8. The van der Waals surface area contributed by atoms with Crippen molar-refractivity contribution in [3.05, 3.63) is 69.8 Å². The molecule has 0 saturated carbocycles. The Labute approximate surface area is 181 Å². The van der Waals surface area contributed by atoms with Crippen LogP contribution in [0.4, 0.5) is 11.4 Å². The van der Waals surface area contributed by atoms with Gasteiger partial charge in [-0.25, -0.2) is 8.42 Å². The number of hydrogen-bond donors (Lipinski definition) is 1. The van der Waals surface area contributed by atoms with Gasteiger partial charge in [0, 0.05) is 31.8 Å². The van der Waals surface area contributed by atoms with E-state index in [-0.39, 0.29) is 16.4 Å². The molecule has 1 aliphatic heterocycles. The zero-order valence-corrected chi connectivity index (χ0v) is 18.3. The first-order valence-electron chi connectivity index (χ1n) is 10.0. The van der Waals surface area contributed by atoms with Crippen LogP contribution in [0.5, 0.6) is 0 Å². The summed E-state index contributed by atoms with van der Waals surface area (Å²) in [6.45, 7) is 3.13. The Hall–Kier alpha value is -3.04. The van der Waals surface area contributed by atoms with Crippen molar-refractivity contribution >= 4 is 33.3 Å². The number of hydrogen-bond acceptors (Lipinski definition) is 6. The van der Waals surface area contributed by atoms with Crippen molar-refractivity contribution in [3.8, 4) is 0 Å². The largest absolute Gasteiger partial charge is 0.383 e. The van der Waals surface area contributed by atoms with E-state index in [9.17, 15) is 23.3 Å². The van der Waals surface area contributed by atoms with E-state index in [2.05, 4.69) is 12.2 Å². The molecule has 0 atom stereocenters. The fourth-order valence-corrected chi connectivity index (χ4v) is 4.92. The lowest BCUT2D eigenvalue weighted by Gasteiger charge is -2.29. The molecule has 3 rings (SSSR count). The van der Waals surface area contributed by atoms with Crippen LogP contribution in [0.2, 0.25) is 0 Å².